The maximum atomic E-state index is 11.2. The molecule has 1 amide bonds. The van der Waals surface area contributed by atoms with E-state index in [1.807, 2.05) is 0 Å². The second-order valence-corrected chi connectivity index (χ2v) is 3.90. The Kier molecular flexibility index (Phi) is 3.19. The van der Waals surface area contributed by atoms with Gasteiger partial charge >= 0.3 is 5.88 Å². The molecule has 1 heterocycles. The number of rotatable bonds is 4. The summed E-state index contributed by atoms with van der Waals surface area (Å²) in [4.78, 5) is 21.1. The highest BCUT2D eigenvalue weighted by Crippen LogP contribution is 2.24. The molecule has 3 N–H and O–H groups in total. The van der Waals surface area contributed by atoms with Gasteiger partial charge in [-0.15, -0.1) is 0 Å². The second kappa shape index (κ2) is 4.81. The largest absolute Gasteiger partial charge is 0.508 e. The molecule has 0 atom stereocenters. The Bertz CT molecular complexity index is 630. The maximum Gasteiger partial charge on any atom is 0.434 e. The van der Waals surface area contributed by atoms with Gasteiger partial charge < -0.3 is 15.3 Å². The van der Waals surface area contributed by atoms with Gasteiger partial charge in [0.25, 0.3) is 5.91 Å². The Balaban J connectivity index is 2.35. The van der Waals surface area contributed by atoms with Crippen LogP contribution in [0.4, 0.5) is 5.88 Å². The number of phenols is 1. The number of carbonyl (C=O) groups excluding carboxylic acids is 1. The minimum Gasteiger partial charge on any atom is -0.508 e. The summed E-state index contributed by atoms with van der Waals surface area (Å²) in [6.45, 7) is 0. The molecule has 19 heavy (non-hydrogen) atoms. The first kappa shape index (κ1) is 12.6. The lowest BCUT2D eigenvalue weighted by molar-refractivity contribution is -0.402. The van der Waals surface area contributed by atoms with E-state index in [9.17, 15) is 14.9 Å². The summed E-state index contributed by atoms with van der Waals surface area (Å²) in [7, 11) is 0. The molecule has 1 aromatic heterocycles. The first-order chi connectivity index (χ1) is 8.97. The van der Waals surface area contributed by atoms with Gasteiger partial charge in [0.05, 0.1) is 6.07 Å². The first-order valence-electron chi connectivity index (χ1n) is 5.32. The quantitative estimate of drug-likeness (QED) is 0.640. The van der Waals surface area contributed by atoms with E-state index in [1.165, 1.54) is 18.2 Å². The van der Waals surface area contributed by atoms with Crippen LogP contribution in [0.1, 0.15) is 21.7 Å². The molecule has 0 radical (unpaired) electrons. The monoisotopic (exact) mass is 262 g/mol. The molecule has 98 valence electrons. The van der Waals surface area contributed by atoms with Crippen molar-refractivity contribution in [1.29, 1.82) is 0 Å². The van der Waals surface area contributed by atoms with Gasteiger partial charge in [-0.2, -0.15) is 0 Å². The van der Waals surface area contributed by atoms with E-state index in [4.69, 9.17) is 15.3 Å². The number of furan rings is 1. The standard InChI is InChI=1S/C12H10N2O5/c13-12(16)11-8(6-10(19-11)14(17)18)5-7-1-3-9(15)4-2-7/h1-4,6,15H,5H2,(H2,13,16). The number of hydrogen-bond acceptors (Lipinski definition) is 5. The summed E-state index contributed by atoms with van der Waals surface area (Å²) in [5, 5.41) is 19.8. The van der Waals surface area contributed by atoms with Crippen molar-refractivity contribution in [3.8, 4) is 5.75 Å². The van der Waals surface area contributed by atoms with Crippen molar-refractivity contribution in [2.45, 2.75) is 6.42 Å². The van der Waals surface area contributed by atoms with Gasteiger partial charge in [-0.05, 0) is 17.7 Å². The molecule has 0 aliphatic rings. The molecule has 2 aromatic rings. The lowest BCUT2D eigenvalue weighted by Gasteiger charge is -2.00. The number of amides is 1. The predicted octanol–water partition coefficient (Wildman–Crippen LogP) is 1.58. The Morgan fingerprint density at radius 2 is 2.00 bits per heavy atom. The van der Waals surface area contributed by atoms with Crippen LogP contribution in [0.5, 0.6) is 5.75 Å². The molecule has 0 saturated heterocycles. The highest BCUT2D eigenvalue weighted by atomic mass is 16.6. The molecular formula is C12H10N2O5. The van der Waals surface area contributed by atoms with Crippen molar-refractivity contribution < 1.29 is 19.2 Å². The number of aromatic hydroxyl groups is 1. The van der Waals surface area contributed by atoms with Crippen molar-refractivity contribution in [2.24, 2.45) is 5.73 Å². The molecular weight excluding hydrogens is 252 g/mol. The zero-order valence-electron chi connectivity index (χ0n) is 9.70. The van der Waals surface area contributed by atoms with Crippen LogP contribution >= 0.6 is 0 Å². The van der Waals surface area contributed by atoms with E-state index in [2.05, 4.69) is 0 Å². The predicted molar refractivity (Wildman–Crippen MR) is 64.8 cm³/mol. The minimum atomic E-state index is -0.859. The number of nitrogens with zero attached hydrogens (tertiary/aromatic N) is 1. The smallest absolute Gasteiger partial charge is 0.434 e. The zero-order chi connectivity index (χ0) is 14.0. The van der Waals surface area contributed by atoms with Gasteiger partial charge in [-0.1, -0.05) is 12.1 Å². The number of nitrogens with two attached hydrogens (primary N) is 1. The van der Waals surface area contributed by atoms with E-state index < -0.39 is 16.7 Å². The summed E-state index contributed by atoms with van der Waals surface area (Å²) in [6, 6.07) is 7.41. The number of hydrogen-bond donors (Lipinski definition) is 2. The molecule has 0 spiro atoms. The van der Waals surface area contributed by atoms with Crippen LogP contribution in [0.3, 0.4) is 0 Å². The third-order valence-electron chi connectivity index (χ3n) is 2.53. The molecule has 0 aliphatic carbocycles. The zero-order valence-corrected chi connectivity index (χ0v) is 9.70. The number of nitro groups is 1. The van der Waals surface area contributed by atoms with Crippen molar-refractivity contribution in [2.75, 3.05) is 0 Å². The van der Waals surface area contributed by atoms with Crippen molar-refractivity contribution in [3.63, 3.8) is 0 Å². The van der Waals surface area contributed by atoms with Gasteiger partial charge in [-0.25, -0.2) is 0 Å². The molecule has 7 nitrogen and oxygen atoms in total. The van der Waals surface area contributed by atoms with Crippen LogP contribution in [0.2, 0.25) is 0 Å². The third-order valence-corrected chi connectivity index (χ3v) is 2.53. The second-order valence-electron chi connectivity index (χ2n) is 3.90. The average molecular weight is 262 g/mol. The van der Waals surface area contributed by atoms with E-state index in [1.54, 1.807) is 12.1 Å². The normalized spacial score (nSPS) is 10.3. The molecule has 0 unspecified atom stereocenters. The summed E-state index contributed by atoms with van der Waals surface area (Å²) in [5.41, 5.74) is 6.21. The van der Waals surface area contributed by atoms with E-state index in [-0.39, 0.29) is 17.9 Å². The summed E-state index contributed by atoms with van der Waals surface area (Å²) < 4.78 is 4.81. The highest BCUT2D eigenvalue weighted by Gasteiger charge is 2.22. The summed E-state index contributed by atoms with van der Waals surface area (Å²) >= 11 is 0. The topological polar surface area (TPSA) is 120 Å². The van der Waals surface area contributed by atoms with Gasteiger partial charge in [0.15, 0.2) is 0 Å². The fraction of sp³-hybridized carbons (Fsp3) is 0.0833. The van der Waals surface area contributed by atoms with Gasteiger partial charge in [-0.3, -0.25) is 14.9 Å². The molecule has 0 aliphatic heterocycles. The number of carbonyl (C=O) groups is 1. The molecule has 0 saturated carbocycles. The Labute approximate surface area is 107 Å². The third kappa shape index (κ3) is 2.71. The van der Waals surface area contributed by atoms with Gasteiger partial charge in [0, 0.05) is 12.0 Å². The van der Waals surface area contributed by atoms with Crippen LogP contribution < -0.4 is 5.73 Å². The molecule has 0 bridgehead atoms. The van der Waals surface area contributed by atoms with Crippen molar-refractivity contribution in [3.05, 3.63) is 57.3 Å². The van der Waals surface area contributed by atoms with Crippen LogP contribution in [-0.2, 0) is 6.42 Å². The van der Waals surface area contributed by atoms with Gasteiger partial charge in [0.1, 0.15) is 10.7 Å². The van der Waals surface area contributed by atoms with E-state index in [0.717, 1.165) is 5.56 Å². The van der Waals surface area contributed by atoms with Crippen molar-refractivity contribution >= 4 is 11.8 Å². The lowest BCUT2D eigenvalue weighted by Crippen LogP contribution is -2.12. The molecule has 0 fully saturated rings. The summed E-state index contributed by atoms with van der Waals surface area (Å²) in [5.74, 6) is -1.50. The van der Waals surface area contributed by atoms with Crippen LogP contribution in [0.15, 0.2) is 34.7 Å². The maximum absolute atomic E-state index is 11.2. The minimum absolute atomic E-state index is 0.108. The van der Waals surface area contributed by atoms with Crippen LogP contribution in [0.25, 0.3) is 0 Å². The highest BCUT2D eigenvalue weighted by molar-refractivity contribution is 5.91. The van der Waals surface area contributed by atoms with E-state index in [0.29, 0.717) is 5.56 Å². The van der Waals surface area contributed by atoms with Crippen LogP contribution in [0, 0.1) is 10.1 Å². The molecule has 2 rings (SSSR count). The summed E-state index contributed by atoms with van der Waals surface area (Å²) in [6.07, 6.45) is 0.246. The van der Waals surface area contributed by atoms with E-state index >= 15 is 0 Å². The molecule has 7 heteroatoms. The Morgan fingerprint density at radius 1 is 1.37 bits per heavy atom. The fourth-order valence-electron chi connectivity index (χ4n) is 1.68. The van der Waals surface area contributed by atoms with Gasteiger partial charge in [0.2, 0.25) is 5.76 Å². The fourth-order valence-corrected chi connectivity index (χ4v) is 1.68. The number of phenolic OH excluding ortho intramolecular Hbond substituents is 1. The number of benzene rings is 1. The van der Waals surface area contributed by atoms with Crippen LogP contribution in [-0.4, -0.2) is 15.9 Å². The SMILES string of the molecule is NC(=O)c1oc([N+](=O)[O-])cc1Cc1ccc(O)cc1. The first-order valence-corrected chi connectivity index (χ1v) is 5.32. The van der Waals surface area contributed by atoms with Crippen molar-refractivity contribution in [1.82, 2.24) is 0 Å². The Morgan fingerprint density at radius 3 is 2.53 bits per heavy atom. The Hall–Kier alpha value is -2.83. The average Bonchev–Trinajstić information content (AvgIpc) is 2.76. The number of primary amides is 1. The molecule has 1 aromatic carbocycles. The lowest BCUT2D eigenvalue weighted by atomic mass is 10.1.